The molecule has 0 saturated heterocycles. The predicted octanol–water partition coefficient (Wildman–Crippen LogP) is 3.95. The molecule has 0 unspecified atom stereocenters. The van der Waals surface area contributed by atoms with Crippen molar-refractivity contribution in [1.29, 1.82) is 0 Å². The normalized spacial score (nSPS) is 11.3. The number of benzene rings is 1. The van der Waals surface area contributed by atoms with Crippen molar-refractivity contribution in [3.8, 4) is 0 Å². The molecular formula is C19H21NO2. The fraction of sp³-hybridized carbons (Fsp3) is 0.263. The highest BCUT2D eigenvalue weighted by molar-refractivity contribution is 5.93. The Morgan fingerprint density at radius 3 is 2.77 bits per heavy atom. The Balaban J connectivity index is 2.16. The van der Waals surface area contributed by atoms with Crippen LogP contribution in [-0.2, 0) is 16.0 Å². The van der Waals surface area contributed by atoms with E-state index in [0.717, 1.165) is 12.0 Å². The average Bonchev–Trinajstić information content (AvgIpc) is 2.51. The largest absolute Gasteiger partial charge is 0.463 e. The number of hydrogen-bond acceptors (Lipinski definition) is 3. The Labute approximate surface area is 131 Å². The second-order valence-electron chi connectivity index (χ2n) is 5.27. The highest BCUT2D eigenvalue weighted by atomic mass is 16.5. The van der Waals surface area contributed by atoms with Crippen LogP contribution in [0.4, 0.5) is 0 Å². The summed E-state index contributed by atoms with van der Waals surface area (Å²) in [4.78, 5) is 15.8. The summed E-state index contributed by atoms with van der Waals surface area (Å²) in [6, 6.07) is 10.2. The smallest absolute Gasteiger partial charge is 0.333 e. The van der Waals surface area contributed by atoms with E-state index in [4.69, 9.17) is 4.74 Å². The molecule has 114 valence electrons. The van der Waals surface area contributed by atoms with Gasteiger partial charge in [-0.05, 0) is 61.6 Å². The fourth-order valence-corrected chi connectivity index (χ4v) is 2.28. The van der Waals surface area contributed by atoms with E-state index in [-0.39, 0.29) is 5.97 Å². The van der Waals surface area contributed by atoms with Crippen molar-refractivity contribution in [2.75, 3.05) is 6.61 Å². The van der Waals surface area contributed by atoms with Crippen LogP contribution in [-0.4, -0.2) is 17.6 Å². The van der Waals surface area contributed by atoms with Gasteiger partial charge in [-0.1, -0.05) is 24.3 Å². The molecule has 0 aliphatic rings. The molecule has 22 heavy (non-hydrogen) atoms. The summed E-state index contributed by atoms with van der Waals surface area (Å²) in [5.74, 6) is -0.264. The minimum absolute atomic E-state index is 0.264. The quantitative estimate of drug-likeness (QED) is 0.619. The highest BCUT2D eigenvalue weighted by Gasteiger charge is 2.06. The van der Waals surface area contributed by atoms with Crippen molar-refractivity contribution in [2.45, 2.75) is 27.2 Å². The van der Waals surface area contributed by atoms with Gasteiger partial charge in [0, 0.05) is 18.0 Å². The molecule has 0 N–H and O–H groups in total. The second kappa shape index (κ2) is 7.55. The van der Waals surface area contributed by atoms with E-state index >= 15 is 0 Å². The van der Waals surface area contributed by atoms with Gasteiger partial charge in [0.2, 0.25) is 0 Å². The first-order chi connectivity index (χ1) is 10.6. The molecular weight excluding hydrogens is 274 g/mol. The van der Waals surface area contributed by atoms with Crippen LogP contribution >= 0.6 is 0 Å². The first-order valence-corrected chi connectivity index (χ1v) is 7.44. The Hall–Kier alpha value is -2.42. The van der Waals surface area contributed by atoms with Crippen LogP contribution in [0, 0.1) is 6.92 Å². The molecule has 0 radical (unpaired) electrons. The molecule has 0 aliphatic carbocycles. The van der Waals surface area contributed by atoms with E-state index in [9.17, 15) is 4.79 Å². The highest BCUT2D eigenvalue weighted by Crippen LogP contribution is 2.17. The summed E-state index contributed by atoms with van der Waals surface area (Å²) in [6.45, 7) is 6.06. The van der Waals surface area contributed by atoms with Gasteiger partial charge in [-0.3, -0.25) is 4.98 Å². The van der Waals surface area contributed by atoms with Crippen LogP contribution in [0.3, 0.4) is 0 Å². The maximum atomic E-state index is 11.6. The molecule has 1 heterocycles. The predicted molar refractivity (Wildman–Crippen MR) is 88.5 cm³/mol. The summed E-state index contributed by atoms with van der Waals surface area (Å²) in [5, 5.41) is 0. The van der Waals surface area contributed by atoms with Crippen LogP contribution in [0.2, 0.25) is 0 Å². The topological polar surface area (TPSA) is 39.2 Å². The SMILES string of the molecule is CCOC(=O)/C(C)=C/c1ccc(Cc2cccnc2)c(C)c1. The monoisotopic (exact) mass is 295 g/mol. The van der Waals surface area contributed by atoms with E-state index in [1.165, 1.54) is 16.7 Å². The van der Waals surface area contributed by atoms with E-state index < -0.39 is 0 Å². The molecule has 0 saturated carbocycles. The van der Waals surface area contributed by atoms with Crippen molar-refractivity contribution < 1.29 is 9.53 Å². The maximum absolute atomic E-state index is 11.6. The van der Waals surface area contributed by atoms with Gasteiger partial charge in [-0.15, -0.1) is 0 Å². The average molecular weight is 295 g/mol. The summed E-state index contributed by atoms with van der Waals surface area (Å²) in [6.07, 6.45) is 6.39. The first kappa shape index (κ1) is 16.0. The molecule has 1 aromatic carbocycles. The maximum Gasteiger partial charge on any atom is 0.333 e. The van der Waals surface area contributed by atoms with E-state index in [2.05, 4.69) is 30.1 Å². The molecule has 2 rings (SSSR count). The van der Waals surface area contributed by atoms with Crippen molar-refractivity contribution >= 4 is 12.0 Å². The lowest BCUT2D eigenvalue weighted by Crippen LogP contribution is -2.04. The van der Waals surface area contributed by atoms with Crippen molar-refractivity contribution in [3.05, 3.63) is 70.6 Å². The number of aryl methyl sites for hydroxylation is 1. The number of carbonyl (C=O) groups is 1. The molecule has 0 atom stereocenters. The minimum atomic E-state index is -0.264. The van der Waals surface area contributed by atoms with Gasteiger partial charge in [-0.25, -0.2) is 4.79 Å². The van der Waals surface area contributed by atoms with Gasteiger partial charge in [-0.2, -0.15) is 0 Å². The van der Waals surface area contributed by atoms with Crippen molar-refractivity contribution in [1.82, 2.24) is 4.98 Å². The van der Waals surface area contributed by atoms with E-state index in [0.29, 0.717) is 12.2 Å². The van der Waals surface area contributed by atoms with Crippen LogP contribution in [0.5, 0.6) is 0 Å². The number of rotatable bonds is 5. The zero-order valence-corrected chi connectivity index (χ0v) is 13.3. The standard InChI is InChI=1S/C19H21NO2/c1-4-22-19(21)15(3)11-16-7-8-18(14(2)10-16)12-17-6-5-9-20-13-17/h5-11,13H,4,12H2,1-3H3/b15-11+. The molecule has 0 fully saturated rings. The lowest BCUT2D eigenvalue weighted by Gasteiger charge is -2.08. The summed E-state index contributed by atoms with van der Waals surface area (Å²) >= 11 is 0. The van der Waals surface area contributed by atoms with Gasteiger partial charge < -0.3 is 4.74 Å². The van der Waals surface area contributed by atoms with Crippen LogP contribution in [0.1, 0.15) is 36.1 Å². The fourth-order valence-electron chi connectivity index (χ4n) is 2.28. The third-order valence-corrected chi connectivity index (χ3v) is 3.46. The molecule has 3 heteroatoms. The van der Waals surface area contributed by atoms with Gasteiger partial charge in [0.1, 0.15) is 0 Å². The Kier molecular flexibility index (Phi) is 5.48. The number of nitrogens with zero attached hydrogens (tertiary/aromatic N) is 1. The lowest BCUT2D eigenvalue weighted by molar-refractivity contribution is -0.138. The molecule has 0 aliphatic heterocycles. The third kappa shape index (κ3) is 4.29. The number of pyridine rings is 1. The molecule has 2 aromatic rings. The third-order valence-electron chi connectivity index (χ3n) is 3.46. The second-order valence-corrected chi connectivity index (χ2v) is 5.27. The summed E-state index contributed by atoms with van der Waals surface area (Å²) in [7, 11) is 0. The first-order valence-electron chi connectivity index (χ1n) is 7.44. The van der Waals surface area contributed by atoms with Crippen molar-refractivity contribution in [2.24, 2.45) is 0 Å². The molecule has 1 aromatic heterocycles. The van der Waals surface area contributed by atoms with E-state index in [1.54, 1.807) is 13.1 Å². The number of ether oxygens (including phenoxy) is 1. The van der Waals surface area contributed by atoms with Crippen molar-refractivity contribution in [3.63, 3.8) is 0 Å². The molecule has 3 nitrogen and oxygen atoms in total. The minimum Gasteiger partial charge on any atom is -0.463 e. The Bertz CT molecular complexity index is 675. The van der Waals surface area contributed by atoms with Gasteiger partial charge in [0.15, 0.2) is 0 Å². The summed E-state index contributed by atoms with van der Waals surface area (Å²) < 4.78 is 4.99. The number of esters is 1. The van der Waals surface area contributed by atoms with Gasteiger partial charge in [0.25, 0.3) is 0 Å². The number of hydrogen-bond donors (Lipinski definition) is 0. The van der Waals surface area contributed by atoms with Crippen LogP contribution < -0.4 is 0 Å². The summed E-state index contributed by atoms with van der Waals surface area (Å²) in [5.41, 5.74) is 5.28. The Morgan fingerprint density at radius 2 is 2.14 bits per heavy atom. The van der Waals surface area contributed by atoms with E-state index in [1.807, 2.05) is 31.3 Å². The van der Waals surface area contributed by atoms with Gasteiger partial charge >= 0.3 is 5.97 Å². The zero-order chi connectivity index (χ0) is 15.9. The van der Waals surface area contributed by atoms with Crippen LogP contribution in [0.25, 0.3) is 6.08 Å². The molecule has 0 amide bonds. The molecule has 0 bridgehead atoms. The molecule has 0 spiro atoms. The Morgan fingerprint density at radius 1 is 1.32 bits per heavy atom. The number of aromatic nitrogens is 1. The van der Waals surface area contributed by atoms with Crippen LogP contribution in [0.15, 0.2) is 48.3 Å². The number of carbonyl (C=O) groups excluding carboxylic acids is 1. The zero-order valence-electron chi connectivity index (χ0n) is 13.3. The van der Waals surface area contributed by atoms with Gasteiger partial charge in [0.05, 0.1) is 6.61 Å². The lowest BCUT2D eigenvalue weighted by atomic mass is 9.99.